The Bertz CT molecular complexity index is 712. The molecule has 0 spiro atoms. The predicted molar refractivity (Wildman–Crippen MR) is 87.8 cm³/mol. The van der Waals surface area contributed by atoms with Gasteiger partial charge in [0.25, 0.3) is 0 Å². The fourth-order valence-corrected chi connectivity index (χ4v) is 2.78. The van der Waals surface area contributed by atoms with Gasteiger partial charge in [-0.1, -0.05) is 12.1 Å². The van der Waals surface area contributed by atoms with E-state index in [-0.39, 0.29) is 19.2 Å². The van der Waals surface area contributed by atoms with E-state index >= 15 is 0 Å². The summed E-state index contributed by atoms with van der Waals surface area (Å²) in [5, 5.41) is 6.03. The summed E-state index contributed by atoms with van der Waals surface area (Å²) < 4.78 is 16.0. The minimum Gasteiger partial charge on any atom is -0.454 e. The lowest BCUT2D eigenvalue weighted by molar-refractivity contribution is -0.119. The van der Waals surface area contributed by atoms with Crippen LogP contribution >= 0.6 is 0 Å². The number of carbonyl (C=O) groups is 1. The summed E-state index contributed by atoms with van der Waals surface area (Å²) in [6.45, 7) is 2.24. The van der Waals surface area contributed by atoms with Gasteiger partial charge in [-0.15, -0.1) is 0 Å². The van der Waals surface area contributed by atoms with Gasteiger partial charge in [0.05, 0.1) is 19.8 Å². The molecule has 0 saturated carbocycles. The molecule has 2 aromatic rings. The van der Waals surface area contributed by atoms with E-state index in [4.69, 9.17) is 14.2 Å². The molecule has 0 radical (unpaired) electrons. The number of amides is 1. The summed E-state index contributed by atoms with van der Waals surface area (Å²) in [6, 6.07) is 11.7. The van der Waals surface area contributed by atoms with Crippen LogP contribution in [0.1, 0.15) is 16.7 Å². The minimum absolute atomic E-state index is 0.0654. The number of rotatable bonds is 5. The van der Waals surface area contributed by atoms with Gasteiger partial charge < -0.3 is 24.8 Å². The van der Waals surface area contributed by atoms with E-state index in [9.17, 15) is 4.79 Å². The fourth-order valence-electron chi connectivity index (χ4n) is 2.78. The molecule has 2 aliphatic heterocycles. The Morgan fingerprint density at radius 3 is 2.83 bits per heavy atom. The normalized spacial score (nSPS) is 14.3. The largest absolute Gasteiger partial charge is 0.454 e. The molecule has 2 aliphatic rings. The fraction of sp³-hybridized carbons (Fsp3) is 0.278. The summed E-state index contributed by atoms with van der Waals surface area (Å²) in [7, 11) is 0. The Hall–Kier alpha value is -2.73. The third kappa shape index (κ3) is 3.14. The monoisotopic (exact) mass is 326 g/mol. The van der Waals surface area contributed by atoms with Gasteiger partial charge >= 0.3 is 0 Å². The van der Waals surface area contributed by atoms with Crippen molar-refractivity contribution in [1.29, 1.82) is 0 Å². The third-order valence-corrected chi connectivity index (χ3v) is 4.10. The summed E-state index contributed by atoms with van der Waals surface area (Å²) in [5.41, 5.74) is 4.30. The Balaban J connectivity index is 1.28. The predicted octanol–water partition coefficient (Wildman–Crippen LogP) is 2.17. The molecule has 0 bridgehead atoms. The quantitative estimate of drug-likeness (QED) is 0.881. The van der Waals surface area contributed by atoms with Crippen molar-refractivity contribution in [2.75, 3.05) is 18.7 Å². The number of anilines is 1. The van der Waals surface area contributed by atoms with Crippen molar-refractivity contribution in [3.8, 4) is 11.5 Å². The van der Waals surface area contributed by atoms with Crippen molar-refractivity contribution < 1.29 is 19.0 Å². The molecule has 0 aliphatic carbocycles. The van der Waals surface area contributed by atoms with Gasteiger partial charge in [0, 0.05) is 12.2 Å². The van der Waals surface area contributed by atoms with Crippen LogP contribution in [0.5, 0.6) is 11.5 Å². The molecule has 2 aromatic carbocycles. The van der Waals surface area contributed by atoms with Gasteiger partial charge in [-0.05, 0) is 41.0 Å². The topological polar surface area (TPSA) is 68.8 Å². The smallest absolute Gasteiger partial charge is 0.239 e. The first-order valence-electron chi connectivity index (χ1n) is 7.86. The molecule has 2 heterocycles. The second kappa shape index (κ2) is 6.41. The van der Waals surface area contributed by atoms with Crippen LogP contribution in [-0.4, -0.2) is 19.2 Å². The molecular formula is C18H18N2O4. The zero-order valence-corrected chi connectivity index (χ0v) is 13.1. The van der Waals surface area contributed by atoms with Gasteiger partial charge in [0.2, 0.25) is 12.7 Å². The lowest BCUT2D eigenvalue weighted by Crippen LogP contribution is -2.29. The van der Waals surface area contributed by atoms with E-state index in [1.807, 2.05) is 36.4 Å². The van der Waals surface area contributed by atoms with Gasteiger partial charge in [-0.3, -0.25) is 4.79 Å². The molecule has 24 heavy (non-hydrogen) atoms. The highest BCUT2D eigenvalue weighted by atomic mass is 16.7. The van der Waals surface area contributed by atoms with Crippen molar-refractivity contribution in [1.82, 2.24) is 5.32 Å². The van der Waals surface area contributed by atoms with Crippen LogP contribution in [0.25, 0.3) is 0 Å². The van der Waals surface area contributed by atoms with Gasteiger partial charge in [-0.2, -0.15) is 0 Å². The first-order chi connectivity index (χ1) is 11.8. The summed E-state index contributed by atoms with van der Waals surface area (Å²) in [4.78, 5) is 12.0. The Kier molecular flexibility index (Phi) is 3.96. The van der Waals surface area contributed by atoms with Crippen molar-refractivity contribution in [3.63, 3.8) is 0 Å². The van der Waals surface area contributed by atoms with Gasteiger partial charge in [0.1, 0.15) is 0 Å². The van der Waals surface area contributed by atoms with Crippen LogP contribution in [0.4, 0.5) is 5.69 Å². The van der Waals surface area contributed by atoms with Crippen LogP contribution in [-0.2, 0) is 29.3 Å². The molecule has 6 nitrogen and oxygen atoms in total. The number of hydrogen-bond donors (Lipinski definition) is 2. The number of hydrogen-bond acceptors (Lipinski definition) is 5. The standard InChI is InChI=1S/C18H18N2O4/c21-18(8-19-15-3-2-13-9-22-10-14(13)6-15)20-7-12-1-4-16-17(5-12)24-11-23-16/h1-6,19H,7-11H2,(H,20,21). The maximum Gasteiger partial charge on any atom is 0.239 e. The number of fused-ring (bicyclic) bond motifs is 2. The number of nitrogens with one attached hydrogen (secondary N) is 2. The van der Waals surface area contributed by atoms with Gasteiger partial charge in [-0.25, -0.2) is 0 Å². The second-order valence-corrected chi connectivity index (χ2v) is 5.79. The zero-order chi connectivity index (χ0) is 16.4. The minimum atomic E-state index is -0.0654. The number of carbonyl (C=O) groups excluding carboxylic acids is 1. The van der Waals surface area contributed by atoms with Crippen LogP contribution in [0.2, 0.25) is 0 Å². The van der Waals surface area contributed by atoms with Crippen molar-refractivity contribution >= 4 is 11.6 Å². The Morgan fingerprint density at radius 2 is 1.88 bits per heavy atom. The highest BCUT2D eigenvalue weighted by molar-refractivity contribution is 5.80. The molecular weight excluding hydrogens is 308 g/mol. The highest BCUT2D eigenvalue weighted by Gasteiger charge is 2.14. The molecule has 2 N–H and O–H groups in total. The lowest BCUT2D eigenvalue weighted by atomic mass is 10.1. The van der Waals surface area contributed by atoms with Crippen molar-refractivity contribution in [3.05, 3.63) is 53.1 Å². The summed E-state index contributed by atoms with van der Waals surface area (Å²) in [6.07, 6.45) is 0. The van der Waals surface area contributed by atoms with Crippen LogP contribution in [0.15, 0.2) is 36.4 Å². The molecule has 124 valence electrons. The van der Waals surface area contributed by atoms with E-state index in [2.05, 4.69) is 10.6 Å². The maximum absolute atomic E-state index is 12.0. The molecule has 6 heteroatoms. The lowest BCUT2D eigenvalue weighted by Gasteiger charge is -2.09. The zero-order valence-electron chi connectivity index (χ0n) is 13.1. The molecule has 0 saturated heterocycles. The molecule has 1 amide bonds. The van der Waals surface area contributed by atoms with Gasteiger partial charge in [0.15, 0.2) is 11.5 Å². The average molecular weight is 326 g/mol. The first kappa shape index (κ1) is 14.8. The summed E-state index contributed by atoms with van der Waals surface area (Å²) in [5.74, 6) is 1.40. The maximum atomic E-state index is 12.0. The molecule has 0 fully saturated rings. The Labute approximate surface area is 139 Å². The van der Waals surface area contributed by atoms with E-state index in [1.54, 1.807) is 0 Å². The molecule has 0 atom stereocenters. The molecule has 0 aromatic heterocycles. The third-order valence-electron chi connectivity index (χ3n) is 4.10. The van der Waals surface area contributed by atoms with Crippen LogP contribution < -0.4 is 20.1 Å². The van der Waals surface area contributed by atoms with E-state index in [0.717, 1.165) is 22.7 Å². The van der Waals surface area contributed by atoms with Crippen LogP contribution in [0.3, 0.4) is 0 Å². The number of benzene rings is 2. The molecule has 4 rings (SSSR count). The second-order valence-electron chi connectivity index (χ2n) is 5.79. The van der Waals surface area contributed by atoms with Crippen molar-refractivity contribution in [2.45, 2.75) is 19.8 Å². The Morgan fingerprint density at radius 1 is 1.00 bits per heavy atom. The van der Waals surface area contributed by atoms with E-state index in [1.165, 1.54) is 11.1 Å². The first-order valence-corrected chi connectivity index (χ1v) is 7.86. The SMILES string of the molecule is O=C(CNc1ccc2c(c1)COC2)NCc1ccc2c(c1)OCO2. The number of ether oxygens (including phenoxy) is 3. The van der Waals surface area contributed by atoms with E-state index < -0.39 is 0 Å². The van der Waals surface area contributed by atoms with Crippen LogP contribution in [0, 0.1) is 0 Å². The molecule has 0 unspecified atom stereocenters. The summed E-state index contributed by atoms with van der Waals surface area (Å²) >= 11 is 0. The van der Waals surface area contributed by atoms with E-state index in [0.29, 0.717) is 19.8 Å². The van der Waals surface area contributed by atoms with Crippen molar-refractivity contribution in [2.24, 2.45) is 0 Å². The average Bonchev–Trinajstić information content (AvgIpc) is 3.25. The highest BCUT2D eigenvalue weighted by Crippen LogP contribution is 2.32.